The maximum absolute atomic E-state index is 12.0. The zero-order valence-electron chi connectivity index (χ0n) is 11.6. The predicted molar refractivity (Wildman–Crippen MR) is 82.7 cm³/mol. The molecule has 3 N–H and O–H groups in total. The summed E-state index contributed by atoms with van der Waals surface area (Å²) < 4.78 is 8.97. The van der Waals surface area contributed by atoms with Gasteiger partial charge in [0.2, 0.25) is 0 Å². The number of carboxylic acid groups (broad SMARTS) is 1. The summed E-state index contributed by atoms with van der Waals surface area (Å²) in [6.45, 7) is 5.81. The number of hydrogen-bond donors (Lipinski definition) is 2. The van der Waals surface area contributed by atoms with Gasteiger partial charge in [0.15, 0.2) is 5.71 Å². The highest BCUT2D eigenvalue weighted by Gasteiger charge is 2.30. The van der Waals surface area contributed by atoms with E-state index in [9.17, 15) is 9.59 Å². The second kappa shape index (κ2) is 6.42. The molecule has 0 radical (unpaired) electrons. The number of rotatable bonds is 2. The molecule has 112 valence electrons. The summed E-state index contributed by atoms with van der Waals surface area (Å²) in [6, 6.07) is 0. The van der Waals surface area contributed by atoms with Crippen LogP contribution in [-0.2, 0) is 9.53 Å². The number of nitrogens with zero attached hydrogens (tertiary/aromatic N) is 2. The van der Waals surface area contributed by atoms with Crippen molar-refractivity contribution in [2.24, 2.45) is 8.94 Å². The molecule has 0 atom stereocenters. The maximum Gasteiger partial charge on any atom is 0.410 e. The Morgan fingerprint density at radius 3 is 2.50 bits per heavy atom. The topological polar surface area (TPSA) is 105 Å². The van der Waals surface area contributed by atoms with Gasteiger partial charge < -0.3 is 20.5 Å². The lowest BCUT2D eigenvalue weighted by Crippen LogP contribution is -2.43. The molecule has 0 saturated heterocycles. The summed E-state index contributed by atoms with van der Waals surface area (Å²) in [5, 5.41) is 9.09. The zero-order valence-corrected chi connectivity index (χ0v) is 13.8. The molecule has 0 bridgehead atoms. The van der Waals surface area contributed by atoms with Crippen LogP contribution in [0.2, 0.25) is 0 Å². The average molecular weight is 395 g/mol. The van der Waals surface area contributed by atoms with E-state index in [0.717, 1.165) is 0 Å². The van der Waals surface area contributed by atoms with E-state index in [4.69, 9.17) is 15.6 Å². The lowest BCUT2D eigenvalue weighted by atomic mass is 10.0. The van der Waals surface area contributed by atoms with Gasteiger partial charge in [0.25, 0.3) is 0 Å². The summed E-state index contributed by atoms with van der Waals surface area (Å²) in [4.78, 5) is 24.6. The van der Waals surface area contributed by atoms with E-state index in [1.807, 2.05) is 0 Å². The van der Waals surface area contributed by atoms with Gasteiger partial charge in [0.05, 0.1) is 29.4 Å². The van der Waals surface area contributed by atoms with Crippen LogP contribution >= 0.6 is 22.9 Å². The molecule has 0 spiro atoms. The fraction of sp³-hybridized carbons (Fsp3) is 0.583. The van der Waals surface area contributed by atoms with Gasteiger partial charge in [-0.05, 0) is 20.8 Å². The first-order valence-electron chi connectivity index (χ1n) is 6.03. The molecule has 1 heterocycles. The lowest BCUT2D eigenvalue weighted by molar-refractivity contribution is -0.129. The zero-order chi connectivity index (χ0) is 15.5. The second-order valence-electron chi connectivity index (χ2n) is 5.39. The van der Waals surface area contributed by atoms with Crippen molar-refractivity contribution in [1.82, 2.24) is 4.90 Å². The van der Waals surface area contributed by atoms with Crippen molar-refractivity contribution in [3.8, 4) is 0 Å². The summed E-state index contributed by atoms with van der Waals surface area (Å²) in [7, 11) is 0. The number of amides is 1. The molecule has 1 aliphatic heterocycles. The second-order valence-corrected chi connectivity index (χ2v) is 5.88. The van der Waals surface area contributed by atoms with Crippen LogP contribution in [0.5, 0.6) is 0 Å². The van der Waals surface area contributed by atoms with Crippen LogP contribution < -0.4 is 5.73 Å². The van der Waals surface area contributed by atoms with E-state index in [0.29, 0.717) is 24.2 Å². The van der Waals surface area contributed by atoms with Crippen molar-refractivity contribution in [1.29, 1.82) is 0 Å². The fourth-order valence-corrected chi connectivity index (χ4v) is 2.20. The lowest BCUT2D eigenvalue weighted by Gasteiger charge is -2.31. The monoisotopic (exact) mass is 395 g/mol. The van der Waals surface area contributed by atoms with Crippen LogP contribution in [0.1, 0.15) is 27.2 Å². The van der Waals surface area contributed by atoms with Crippen LogP contribution in [0.25, 0.3) is 0 Å². The van der Waals surface area contributed by atoms with Crippen molar-refractivity contribution in [2.75, 3.05) is 13.1 Å². The number of carbonyl (C=O) groups excluding carboxylic acids is 1. The number of nitrogens with two attached hydrogens (primary N) is 1. The molecule has 0 aromatic heterocycles. The van der Waals surface area contributed by atoms with Gasteiger partial charge in [0.1, 0.15) is 5.60 Å². The van der Waals surface area contributed by atoms with Crippen molar-refractivity contribution >= 4 is 40.6 Å². The third-order valence-electron chi connectivity index (χ3n) is 2.61. The Balaban J connectivity index is 2.91. The van der Waals surface area contributed by atoms with Gasteiger partial charge in [-0.3, -0.25) is 0 Å². The highest BCUT2D eigenvalue weighted by molar-refractivity contribution is 14.1. The standard InChI is InChI=1S/C12H18IN3O4/c1-12(2,3)20-11(19)16-5-4-8(14)7(6-16)9(15-13)10(17)18/h4-6,14H2,1-3H3,(H,17,18)/b15-9+. The van der Waals surface area contributed by atoms with E-state index in [1.54, 1.807) is 43.6 Å². The molecule has 0 aliphatic carbocycles. The Labute approximate surface area is 131 Å². The molecule has 1 aliphatic rings. The summed E-state index contributed by atoms with van der Waals surface area (Å²) in [5.74, 6) is -1.16. The van der Waals surface area contributed by atoms with Crippen LogP contribution in [0.4, 0.5) is 4.79 Å². The van der Waals surface area contributed by atoms with Gasteiger partial charge in [0, 0.05) is 24.2 Å². The third-order valence-corrected chi connectivity index (χ3v) is 3.09. The number of ether oxygens (including phenoxy) is 1. The molecule has 20 heavy (non-hydrogen) atoms. The number of hydrogen-bond acceptors (Lipinski definition) is 5. The van der Waals surface area contributed by atoms with Crippen molar-refractivity contribution in [3.63, 3.8) is 0 Å². The number of halogens is 1. The van der Waals surface area contributed by atoms with Gasteiger partial charge in [-0.1, -0.05) is 0 Å². The average Bonchev–Trinajstić information content (AvgIpc) is 2.29. The maximum atomic E-state index is 12.0. The van der Waals surface area contributed by atoms with E-state index in [2.05, 4.69) is 3.21 Å². The van der Waals surface area contributed by atoms with Crippen LogP contribution in [-0.4, -0.2) is 46.5 Å². The SMILES string of the molecule is CC(C)(C)OC(=O)N1CCC(N)=C(/C(=N\I)C(=O)O)C1. The Kier molecular flexibility index (Phi) is 5.37. The highest BCUT2D eigenvalue weighted by Crippen LogP contribution is 2.19. The fourth-order valence-electron chi connectivity index (χ4n) is 1.70. The van der Waals surface area contributed by atoms with Gasteiger partial charge in [-0.15, -0.1) is 0 Å². The molecule has 0 aromatic rings. The summed E-state index contributed by atoms with van der Waals surface area (Å²) in [6.07, 6.45) is -0.0852. The molecule has 0 unspecified atom stereocenters. The Hall–Kier alpha value is -1.32. The molecule has 0 fully saturated rings. The molecular formula is C12H18IN3O4. The number of carbonyl (C=O) groups is 2. The van der Waals surface area contributed by atoms with Crippen LogP contribution in [0.3, 0.4) is 0 Å². The number of aliphatic carboxylic acids is 1. The predicted octanol–water partition coefficient (Wildman–Crippen LogP) is 1.72. The highest BCUT2D eigenvalue weighted by atomic mass is 127. The minimum Gasteiger partial charge on any atom is -0.476 e. The van der Waals surface area contributed by atoms with Crippen molar-refractivity contribution < 1.29 is 19.4 Å². The summed E-state index contributed by atoms with van der Waals surface area (Å²) >= 11 is 1.61. The minimum absolute atomic E-state index is 0.0921. The normalized spacial score (nSPS) is 17.2. The molecule has 7 nitrogen and oxygen atoms in total. The first kappa shape index (κ1) is 16.7. The molecular weight excluding hydrogens is 377 g/mol. The third kappa shape index (κ3) is 4.36. The summed E-state index contributed by atoms with van der Waals surface area (Å²) in [5.41, 5.74) is 5.92. The van der Waals surface area contributed by atoms with Crippen molar-refractivity contribution in [2.45, 2.75) is 32.8 Å². The molecule has 8 heteroatoms. The van der Waals surface area contributed by atoms with Gasteiger partial charge in [-0.2, -0.15) is 0 Å². The number of carboxylic acids is 1. The van der Waals surface area contributed by atoms with E-state index in [-0.39, 0.29) is 12.3 Å². The Morgan fingerprint density at radius 2 is 2.05 bits per heavy atom. The Bertz CT molecular complexity index is 480. The quantitative estimate of drug-likeness (QED) is 0.547. The molecule has 1 rings (SSSR count). The smallest absolute Gasteiger partial charge is 0.410 e. The van der Waals surface area contributed by atoms with Gasteiger partial charge >= 0.3 is 12.1 Å². The Morgan fingerprint density at radius 1 is 1.45 bits per heavy atom. The van der Waals surface area contributed by atoms with Gasteiger partial charge in [-0.25, -0.2) is 12.8 Å². The van der Waals surface area contributed by atoms with Crippen molar-refractivity contribution in [3.05, 3.63) is 11.3 Å². The first-order chi connectivity index (χ1) is 9.15. The molecule has 1 amide bonds. The van der Waals surface area contributed by atoms with E-state index >= 15 is 0 Å². The minimum atomic E-state index is -1.16. The molecule has 0 saturated carbocycles. The largest absolute Gasteiger partial charge is 0.476 e. The van der Waals surface area contributed by atoms with E-state index < -0.39 is 17.7 Å². The first-order valence-corrected chi connectivity index (χ1v) is 7.00. The van der Waals surface area contributed by atoms with Crippen LogP contribution in [0.15, 0.2) is 14.5 Å². The van der Waals surface area contributed by atoms with Crippen LogP contribution in [0, 0.1) is 0 Å². The van der Waals surface area contributed by atoms with E-state index in [1.165, 1.54) is 4.90 Å². The molecule has 0 aromatic carbocycles.